The van der Waals surface area contributed by atoms with Crippen LogP contribution in [0.1, 0.15) is 5.56 Å². The molecule has 1 aromatic rings. The normalized spacial score (nSPS) is 9.67. The minimum Gasteiger partial charge on any atom is -0.302 e. The number of hydrogen-bond acceptors (Lipinski definition) is 3. The summed E-state index contributed by atoms with van der Waals surface area (Å²) < 4.78 is 0. The number of carbonyl (C=O) groups excluding carboxylic acids is 1. The molecule has 0 unspecified atom stereocenters. The van der Waals surface area contributed by atoms with Crippen LogP contribution in [0.15, 0.2) is 30.3 Å². The molecule has 3 heteroatoms. The van der Waals surface area contributed by atoms with E-state index in [0.29, 0.717) is 6.61 Å². The van der Waals surface area contributed by atoms with Gasteiger partial charge in [0.25, 0.3) is 0 Å². The standard InChI is InChI=1S/C9H11NO2/c11-7-6-10-12-8-9-4-2-1-3-5-9/h1-5,7,10H,6,8H2. The maximum atomic E-state index is 9.87. The van der Waals surface area contributed by atoms with Crippen molar-refractivity contribution in [1.29, 1.82) is 0 Å². The average molecular weight is 165 g/mol. The Balaban J connectivity index is 2.20. The van der Waals surface area contributed by atoms with Gasteiger partial charge in [-0.1, -0.05) is 30.3 Å². The molecular formula is C9H11NO2. The molecule has 0 saturated carbocycles. The third-order valence-corrected chi connectivity index (χ3v) is 1.35. The molecular weight excluding hydrogens is 154 g/mol. The summed E-state index contributed by atoms with van der Waals surface area (Å²) in [5.74, 6) is 0. The molecule has 1 rings (SSSR count). The lowest BCUT2D eigenvalue weighted by molar-refractivity contribution is -0.109. The van der Waals surface area contributed by atoms with Gasteiger partial charge >= 0.3 is 0 Å². The van der Waals surface area contributed by atoms with Crippen molar-refractivity contribution in [3.05, 3.63) is 35.9 Å². The first-order chi connectivity index (χ1) is 5.93. The fourth-order valence-electron chi connectivity index (χ4n) is 0.802. The molecule has 64 valence electrons. The van der Waals surface area contributed by atoms with Gasteiger partial charge in [0.1, 0.15) is 6.29 Å². The predicted octanol–water partition coefficient (Wildman–Crippen LogP) is 0.907. The zero-order valence-electron chi connectivity index (χ0n) is 6.69. The van der Waals surface area contributed by atoms with Gasteiger partial charge in [-0.3, -0.25) is 4.84 Å². The van der Waals surface area contributed by atoms with Crippen molar-refractivity contribution in [2.45, 2.75) is 6.61 Å². The monoisotopic (exact) mass is 165 g/mol. The molecule has 3 nitrogen and oxygen atoms in total. The second-order valence-electron chi connectivity index (χ2n) is 2.29. The number of carbonyl (C=O) groups is 1. The molecule has 0 saturated heterocycles. The Morgan fingerprint density at radius 3 is 2.75 bits per heavy atom. The molecule has 0 heterocycles. The molecule has 0 amide bonds. The molecule has 0 spiro atoms. The molecule has 0 aliphatic rings. The van der Waals surface area contributed by atoms with Gasteiger partial charge in [-0.15, -0.1) is 0 Å². The lowest BCUT2D eigenvalue weighted by Crippen LogP contribution is -2.16. The van der Waals surface area contributed by atoms with E-state index >= 15 is 0 Å². The van der Waals surface area contributed by atoms with Crippen LogP contribution in [0.5, 0.6) is 0 Å². The topological polar surface area (TPSA) is 38.3 Å². The molecule has 1 aromatic carbocycles. The van der Waals surface area contributed by atoms with E-state index in [1.54, 1.807) is 0 Å². The third-order valence-electron chi connectivity index (χ3n) is 1.35. The summed E-state index contributed by atoms with van der Waals surface area (Å²) in [6.07, 6.45) is 0.755. The number of hydroxylamine groups is 1. The smallest absolute Gasteiger partial charge is 0.136 e. The number of benzene rings is 1. The molecule has 0 radical (unpaired) electrons. The predicted molar refractivity (Wildman–Crippen MR) is 45.3 cm³/mol. The van der Waals surface area contributed by atoms with E-state index < -0.39 is 0 Å². The van der Waals surface area contributed by atoms with Gasteiger partial charge in [-0.05, 0) is 5.56 Å². The molecule has 1 N–H and O–H groups in total. The van der Waals surface area contributed by atoms with Gasteiger partial charge in [0.05, 0.1) is 13.2 Å². The molecule has 0 atom stereocenters. The molecule has 0 aliphatic carbocycles. The fourth-order valence-corrected chi connectivity index (χ4v) is 0.802. The zero-order chi connectivity index (χ0) is 8.65. The van der Waals surface area contributed by atoms with Gasteiger partial charge in [-0.25, -0.2) is 0 Å². The van der Waals surface area contributed by atoms with E-state index in [1.165, 1.54) is 0 Å². The van der Waals surface area contributed by atoms with Crippen LogP contribution in [0, 0.1) is 0 Å². The lowest BCUT2D eigenvalue weighted by atomic mass is 10.2. The fraction of sp³-hybridized carbons (Fsp3) is 0.222. The van der Waals surface area contributed by atoms with Crippen molar-refractivity contribution in [2.24, 2.45) is 0 Å². The Hall–Kier alpha value is -1.19. The van der Waals surface area contributed by atoms with Crippen molar-refractivity contribution in [3.63, 3.8) is 0 Å². The van der Waals surface area contributed by atoms with Crippen LogP contribution in [0.25, 0.3) is 0 Å². The first-order valence-electron chi connectivity index (χ1n) is 3.75. The highest BCUT2D eigenvalue weighted by Gasteiger charge is 1.89. The van der Waals surface area contributed by atoms with Crippen molar-refractivity contribution in [2.75, 3.05) is 6.54 Å². The largest absolute Gasteiger partial charge is 0.302 e. The summed E-state index contributed by atoms with van der Waals surface area (Å²) in [5.41, 5.74) is 3.60. The van der Waals surface area contributed by atoms with Crippen molar-refractivity contribution in [1.82, 2.24) is 5.48 Å². The van der Waals surface area contributed by atoms with E-state index in [4.69, 9.17) is 4.84 Å². The van der Waals surface area contributed by atoms with Crippen LogP contribution in [-0.2, 0) is 16.2 Å². The molecule has 12 heavy (non-hydrogen) atoms. The van der Waals surface area contributed by atoms with Crippen molar-refractivity contribution in [3.8, 4) is 0 Å². The third kappa shape index (κ3) is 3.27. The van der Waals surface area contributed by atoms with Crippen LogP contribution in [0.2, 0.25) is 0 Å². The SMILES string of the molecule is O=CCNOCc1ccccc1. The Labute approximate surface area is 71.3 Å². The van der Waals surface area contributed by atoms with Crippen LogP contribution >= 0.6 is 0 Å². The van der Waals surface area contributed by atoms with E-state index in [1.807, 2.05) is 30.3 Å². The summed E-state index contributed by atoms with van der Waals surface area (Å²) >= 11 is 0. The molecule has 0 aliphatic heterocycles. The van der Waals surface area contributed by atoms with E-state index in [9.17, 15) is 4.79 Å². The summed E-state index contributed by atoms with van der Waals surface area (Å²) in [6, 6.07) is 9.75. The molecule has 0 bridgehead atoms. The van der Waals surface area contributed by atoms with Gasteiger partial charge in [0, 0.05) is 0 Å². The first-order valence-corrected chi connectivity index (χ1v) is 3.75. The summed E-state index contributed by atoms with van der Waals surface area (Å²) in [7, 11) is 0. The highest BCUT2D eigenvalue weighted by Crippen LogP contribution is 1.98. The maximum Gasteiger partial charge on any atom is 0.136 e. The van der Waals surface area contributed by atoms with E-state index in [-0.39, 0.29) is 6.54 Å². The summed E-state index contributed by atoms with van der Waals surface area (Å²) in [4.78, 5) is 14.9. The van der Waals surface area contributed by atoms with Gasteiger partial charge < -0.3 is 4.79 Å². The molecule has 0 fully saturated rings. The number of hydrogen-bond donors (Lipinski definition) is 1. The van der Waals surface area contributed by atoms with Gasteiger partial charge in [0.15, 0.2) is 0 Å². The van der Waals surface area contributed by atoms with Crippen LogP contribution in [-0.4, -0.2) is 12.8 Å². The van der Waals surface area contributed by atoms with Gasteiger partial charge in [0.2, 0.25) is 0 Å². The van der Waals surface area contributed by atoms with E-state index in [2.05, 4.69) is 5.48 Å². The Morgan fingerprint density at radius 2 is 2.08 bits per heavy atom. The summed E-state index contributed by atoms with van der Waals surface area (Å²) in [5, 5.41) is 0. The van der Waals surface area contributed by atoms with E-state index in [0.717, 1.165) is 11.8 Å². The average Bonchev–Trinajstić information content (AvgIpc) is 2.14. The van der Waals surface area contributed by atoms with Crippen molar-refractivity contribution < 1.29 is 9.63 Å². The second kappa shape index (κ2) is 5.46. The quantitative estimate of drug-likeness (QED) is 0.400. The van der Waals surface area contributed by atoms with Crippen LogP contribution in [0.4, 0.5) is 0 Å². The number of aldehydes is 1. The van der Waals surface area contributed by atoms with Crippen LogP contribution < -0.4 is 5.48 Å². The summed E-state index contributed by atoms with van der Waals surface area (Å²) in [6.45, 7) is 0.710. The Kier molecular flexibility index (Phi) is 4.05. The lowest BCUT2D eigenvalue weighted by Gasteiger charge is -2.01. The highest BCUT2D eigenvalue weighted by molar-refractivity contribution is 5.51. The van der Waals surface area contributed by atoms with Crippen molar-refractivity contribution >= 4 is 6.29 Å². The minimum atomic E-state index is 0.229. The zero-order valence-corrected chi connectivity index (χ0v) is 6.69. The second-order valence-corrected chi connectivity index (χ2v) is 2.29. The number of rotatable bonds is 5. The Morgan fingerprint density at radius 1 is 1.33 bits per heavy atom. The minimum absolute atomic E-state index is 0.229. The van der Waals surface area contributed by atoms with Crippen LogP contribution in [0.3, 0.4) is 0 Å². The highest BCUT2D eigenvalue weighted by atomic mass is 16.6. The molecule has 0 aromatic heterocycles. The first kappa shape index (κ1) is 8.90. The maximum absolute atomic E-state index is 9.87. The number of nitrogens with one attached hydrogen (secondary N) is 1. The Bertz CT molecular complexity index is 223. The van der Waals surface area contributed by atoms with Gasteiger partial charge in [-0.2, -0.15) is 5.48 Å².